The van der Waals surface area contributed by atoms with Crippen LogP contribution in [0.2, 0.25) is 0 Å². The van der Waals surface area contributed by atoms with E-state index in [0.29, 0.717) is 5.56 Å². The van der Waals surface area contributed by atoms with Gasteiger partial charge in [0, 0.05) is 10.9 Å². The lowest BCUT2D eigenvalue weighted by molar-refractivity contribution is -0.119. The van der Waals surface area contributed by atoms with Crippen molar-refractivity contribution in [2.24, 2.45) is 0 Å². The summed E-state index contributed by atoms with van der Waals surface area (Å²) < 4.78 is 10.1. The molecule has 0 atom stereocenters. The molecule has 0 saturated carbocycles. The lowest BCUT2D eigenvalue weighted by Gasteiger charge is -2.09. The molecule has 3 N–H and O–H groups in total. The number of aromatic hydroxyl groups is 2. The molecule has 1 amide bonds. The molecule has 0 aliphatic carbocycles. The number of hydrogen-bond donors (Lipinski definition) is 3. The van der Waals surface area contributed by atoms with Gasteiger partial charge in [0.1, 0.15) is 10.6 Å². The molecule has 0 saturated heterocycles. The Labute approximate surface area is 181 Å². The molecular weight excluding hydrogens is 422 g/mol. The molecular formula is C22H19NO7S. The minimum atomic E-state index is -0.854. The summed E-state index contributed by atoms with van der Waals surface area (Å²) in [7, 11) is 0. The van der Waals surface area contributed by atoms with E-state index in [0.717, 1.165) is 29.0 Å². The predicted molar refractivity (Wildman–Crippen MR) is 114 cm³/mol. The van der Waals surface area contributed by atoms with E-state index in [1.807, 2.05) is 30.3 Å². The van der Waals surface area contributed by atoms with E-state index in [1.165, 1.54) is 6.07 Å². The molecule has 8 nitrogen and oxygen atoms in total. The van der Waals surface area contributed by atoms with Gasteiger partial charge in [-0.25, -0.2) is 9.59 Å². The number of thiophene rings is 1. The monoisotopic (exact) mass is 441 g/mol. The van der Waals surface area contributed by atoms with Crippen molar-refractivity contribution in [2.45, 2.75) is 6.92 Å². The Balaban J connectivity index is 1.73. The summed E-state index contributed by atoms with van der Waals surface area (Å²) in [6.45, 7) is 1.25. The molecule has 0 unspecified atom stereocenters. The van der Waals surface area contributed by atoms with Gasteiger partial charge in [-0.2, -0.15) is 0 Å². The molecule has 1 heterocycles. The third kappa shape index (κ3) is 5.20. The molecule has 3 aromatic rings. The van der Waals surface area contributed by atoms with Gasteiger partial charge in [-0.1, -0.05) is 30.3 Å². The van der Waals surface area contributed by atoms with Crippen LogP contribution in [0, 0.1) is 0 Å². The van der Waals surface area contributed by atoms with Crippen molar-refractivity contribution in [3.05, 3.63) is 65.0 Å². The lowest BCUT2D eigenvalue weighted by atomic mass is 10.0. The van der Waals surface area contributed by atoms with E-state index in [2.05, 4.69) is 5.32 Å². The third-order valence-electron chi connectivity index (χ3n) is 4.15. The number of rotatable bonds is 7. The molecule has 0 bridgehead atoms. The summed E-state index contributed by atoms with van der Waals surface area (Å²) in [5.74, 6) is -2.94. The fourth-order valence-electron chi connectivity index (χ4n) is 2.71. The van der Waals surface area contributed by atoms with Crippen molar-refractivity contribution in [1.82, 2.24) is 0 Å². The number of benzene rings is 2. The molecule has 3 rings (SSSR count). The summed E-state index contributed by atoms with van der Waals surface area (Å²) in [4.78, 5) is 36.9. The van der Waals surface area contributed by atoms with Crippen molar-refractivity contribution in [3.63, 3.8) is 0 Å². The fraction of sp³-hybridized carbons (Fsp3) is 0.136. The number of anilines is 1. The molecule has 31 heavy (non-hydrogen) atoms. The van der Waals surface area contributed by atoms with Crippen LogP contribution >= 0.6 is 11.3 Å². The van der Waals surface area contributed by atoms with Gasteiger partial charge in [-0.15, -0.1) is 11.3 Å². The number of carbonyl (C=O) groups is 3. The summed E-state index contributed by atoms with van der Waals surface area (Å²) in [5, 5.41) is 23.4. The van der Waals surface area contributed by atoms with Crippen molar-refractivity contribution in [3.8, 4) is 22.6 Å². The Morgan fingerprint density at radius 1 is 0.968 bits per heavy atom. The molecule has 160 valence electrons. The second-order valence-corrected chi connectivity index (χ2v) is 7.15. The minimum Gasteiger partial charge on any atom is -0.504 e. The molecule has 0 aliphatic heterocycles. The highest BCUT2D eigenvalue weighted by molar-refractivity contribution is 7.15. The van der Waals surface area contributed by atoms with Crippen LogP contribution in [0.5, 0.6) is 11.5 Å². The summed E-state index contributed by atoms with van der Waals surface area (Å²) in [6, 6.07) is 12.6. The number of esters is 2. The van der Waals surface area contributed by atoms with Crippen molar-refractivity contribution in [2.75, 3.05) is 18.5 Å². The first kappa shape index (κ1) is 21.8. The highest BCUT2D eigenvalue weighted by atomic mass is 32.1. The SMILES string of the molecule is CCOC(=O)c1c(-c2ccccc2)csc1NC(=O)COC(=O)c1ccc(O)c(O)c1. The Morgan fingerprint density at radius 3 is 2.39 bits per heavy atom. The zero-order valence-corrected chi connectivity index (χ0v) is 17.3. The van der Waals surface area contributed by atoms with Gasteiger partial charge < -0.3 is 25.0 Å². The van der Waals surface area contributed by atoms with Crippen molar-refractivity contribution < 1.29 is 34.1 Å². The first-order valence-corrected chi connectivity index (χ1v) is 10.1. The number of hydrogen-bond acceptors (Lipinski definition) is 8. The van der Waals surface area contributed by atoms with Crippen LogP contribution in [0.3, 0.4) is 0 Å². The summed E-state index contributed by atoms with van der Waals surface area (Å²) in [5.41, 5.74) is 1.61. The first-order chi connectivity index (χ1) is 14.9. The van der Waals surface area contributed by atoms with Crippen LogP contribution in [0.15, 0.2) is 53.9 Å². The summed E-state index contributed by atoms with van der Waals surface area (Å²) in [6.07, 6.45) is 0. The van der Waals surface area contributed by atoms with Crippen LogP contribution in [0.4, 0.5) is 5.00 Å². The first-order valence-electron chi connectivity index (χ1n) is 9.23. The Morgan fingerprint density at radius 2 is 1.71 bits per heavy atom. The Kier molecular flexibility index (Phi) is 6.88. The van der Waals surface area contributed by atoms with E-state index in [4.69, 9.17) is 9.47 Å². The Bertz CT molecular complexity index is 1110. The average molecular weight is 441 g/mol. The topological polar surface area (TPSA) is 122 Å². The maximum Gasteiger partial charge on any atom is 0.341 e. The van der Waals surface area contributed by atoms with Gasteiger partial charge in [0.2, 0.25) is 0 Å². The van der Waals surface area contributed by atoms with Crippen molar-refractivity contribution in [1.29, 1.82) is 0 Å². The van der Waals surface area contributed by atoms with Gasteiger partial charge in [-0.05, 0) is 30.7 Å². The number of nitrogens with one attached hydrogen (secondary N) is 1. The zero-order valence-electron chi connectivity index (χ0n) is 16.5. The van der Waals surface area contributed by atoms with E-state index < -0.39 is 30.2 Å². The number of phenols is 2. The fourth-order valence-corrected chi connectivity index (χ4v) is 3.69. The second-order valence-electron chi connectivity index (χ2n) is 6.27. The van der Waals surface area contributed by atoms with E-state index in [9.17, 15) is 24.6 Å². The third-order valence-corrected chi connectivity index (χ3v) is 5.05. The number of carbonyl (C=O) groups excluding carboxylic acids is 3. The molecule has 0 spiro atoms. The number of phenolic OH excluding ortho intramolecular Hbond substituents is 2. The summed E-state index contributed by atoms with van der Waals surface area (Å²) >= 11 is 1.15. The van der Waals surface area contributed by atoms with E-state index in [-0.39, 0.29) is 28.5 Å². The van der Waals surface area contributed by atoms with E-state index >= 15 is 0 Å². The molecule has 0 fully saturated rings. The lowest BCUT2D eigenvalue weighted by Crippen LogP contribution is -2.21. The zero-order chi connectivity index (χ0) is 22.4. The normalized spacial score (nSPS) is 10.4. The Hall–Kier alpha value is -3.85. The van der Waals surface area contributed by atoms with Crippen LogP contribution in [0.1, 0.15) is 27.6 Å². The second kappa shape index (κ2) is 9.77. The van der Waals surface area contributed by atoms with Gasteiger partial charge in [0.15, 0.2) is 18.1 Å². The van der Waals surface area contributed by atoms with Crippen LogP contribution in [-0.4, -0.2) is 41.3 Å². The van der Waals surface area contributed by atoms with Crippen LogP contribution in [0.25, 0.3) is 11.1 Å². The molecule has 0 radical (unpaired) electrons. The molecule has 9 heteroatoms. The van der Waals surface area contributed by atoms with Gasteiger partial charge >= 0.3 is 11.9 Å². The number of amides is 1. The van der Waals surface area contributed by atoms with Gasteiger partial charge in [0.05, 0.1) is 12.2 Å². The average Bonchev–Trinajstić information content (AvgIpc) is 3.18. The van der Waals surface area contributed by atoms with Crippen LogP contribution < -0.4 is 5.32 Å². The van der Waals surface area contributed by atoms with Crippen LogP contribution in [-0.2, 0) is 14.3 Å². The van der Waals surface area contributed by atoms with Gasteiger partial charge in [0.25, 0.3) is 5.91 Å². The van der Waals surface area contributed by atoms with Crippen molar-refractivity contribution >= 4 is 34.2 Å². The van der Waals surface area contributed by atoms with E-state index in [1.54, 1.807) is 12.3 Å². The highest BCUT2D eigenvalue weighted by Crippen LogP contribution is 2.36. The highest BCUT2D eigenvalue weighted by Gasteiger charge is 2.23. The smallest absolute Gasteiger partial charge is 0.341 e. The minimum absolute atomic E-state index is 0.0298. The van der Waals surface area contributed by atoms with Gasteiger partial charge in [-0.3, -0.25) is 4.79 Å². The maximum absolute atomic E-state index is 12.5. The molecule has 1 aromatic heterocycles. The largest absolute Gasteiger partial charge is 0.504 e. The molecule has 2 aromatic carbocycles. The number of ether oxygens (including phenoxy) is 2. The maximum atomic E-state index is 12.5. The molecule has 0 aliphatic rings. The quantitative estimate of drug-likeness (QED) is 0.376. The predicted octanol–water partition coefficient (Wildman–Crippen LogP) is 3.80. The standard InChI is InChI=1S/C22H19NO7S/c1-2-29-22(28)19-15(13-6-4-3-5-7-13)12-31-20(19)23-18(26)11-30-21(27)14-8-9-16(24)17(25)10-14/h3-10,12,24-25H,2,11H2,1H3,(H,23,26).